The van der Waals surface area contributed by atoms with E-state index < -0.39 is 47.3 Å². The van der Waals surface area contributed by atoms with Crippen molar-refractivity contribution < 1.29 is 55.6 Å². The Bertz CT molecular complexity index is 2660. The Morgan fingerprint density at radius 2 is 0.970 bits per heavy atom. The number of ether oxygens (including phenoxy) is 2. The Kier molecular flexibility index (Phi) is 14.2. The van der Waals surface area contributed by atoms with Gasteiger partial charge in [0, 0.05) is 70.2 Å². The van der Waals surface area contributed by atoms with Crippen LogP contribution in [0.3, 0.4) is 0 Å². The van der Waals surface area contributed by atoms with E-state index in [9.17, 15) is 46.1 Å². The zero-order valence-corrected chi connectivity index (χ0v) is 39.0. The summed E-state index contributed by atoms with van der Waals surface area (Å²) in [7, 11) is 3.42. The van der Waals surface area contributed by atoms with E-state index in [1.165, 1.54) is 0 Å². The number of benzene rings is 4. The van der Waals surface area contributed by atoms with Crippen molar-refractivity contribution in [3.63, 3.8) is 0 Å². The predicted molar refractivity (Wildman–Crippen MR) is 243 cm³/mol. The predicted octanol–water partition coefficient (Wildman–Crippen LogP) is 14.1. The van der Waals surface area contributed by atoms with Gasteiger partial charge >= 0.3 is 24.3 Å². The number of aromatic nitrogens is 2. The minimum Gasteiger partial charge on any atom is -0.489 e. The summed E-state index contributed by atoms with van der Waals surface area (Å²) >= 11 is 26.1. The van der Waals surface area contributed by atoms with Crippen LogP contribution in [0, 0.1) is 25.7 Å². The lowest BCUT2D eigenvalue weighted by molar-refractivity contribution is -0.142. The molecule has 18 heteroatoms. The molecule has 8 rings (SSSR count). The lowest BCUT2D eigenvalue weighted by Crippen LogP contribution is -2.16. The Morgan fingerprint density at radius 1 is 0.606 bits per heavy atom. The smallest absolute Gasteiger partial charge is 0.416 e. The second-order valence-corrected chi connectivity index (χ2v) is 18.6. The maximum atomic E-state index is 13.3. The molecule has 4 atom stereocenters. The second-order valence-electron chi connectivity index (χ2n) is 17.0. The van der Waals surface area contributed by atoms with E-state index in [0.717, 1.165) is 46.4 Å². The molecular weight excluding hydrogens is 956 g/mol. The second kappa shape index (κ2) is 19.1. The number of carboxylic acid groups (broad SMARTS) is 2. The van der Waals surface area contributed by atoms with Gasteiger partial charge in [-0.05, 0) is 135 Å². The Labute approximate surface area is 395 Å². The number of hydrogen-bond donors (Lipinski definition) is 2. The fraction of sp³-hybridized carbons (Fsp3) is 0.375. The molecule has 0 radical (unpaired) electrons. The lowest BCUT2D eigenvalue weighted by Gasteiger charge is -2.17. The molecule has 2 fully saturated rings. The zero-order chi connectivity index (χ0) is 48.2. The van der Waals surface area contributed by atoms with Crippen LogP contribution >= 0.6 is 46.4 Å². The van der Waals surface area contributed by atoms with E-state index in [-0.39, 0.29) is 12.2 Å². The van der Waals surface area contributed by atoms with Gasteiger partial charge in [-0.2, -0.15) is 26.3 Å². The van der Waals surface area contributed by atoms with Crippen molar-refractivity contribution in [2.24, 2.45) is 25.9 Å². The van der Waals surface area contributed by atoms with Crippen LogP contribution in [0.5, 0.6) is 11.5 Å². The average molecular weight is 1000 g/mol. The van der Waals surface area contributed by atoms with Crippen LogP contribution in [0.25, 0.3) is 21.8 Å². The first-order valence-corrected chi connectivity index (χ1v) is 22.5. The normalized spacial score (nSPS) is 18.8. The lowest BCUT2D eigenvalue weighted by atomic mass is 10.1. The molecule has 8 nitrogen and oxygen atoms in total. The molecule has 0 saturated heterocycles. The van der Waals surface area contributed by atoms with Gasteiger partial charge in [0.2, 0.25) is 0 Å². The van der Waals surface area contributed by atoms with Crippen molar-refractivity contribution in [1.29, 1.82) is 0 Å². The monoisotopic (exact) mass is 998 g/mol. The summed E-state index contributed by atoms with van der Waals surface area (Å²) in [5, 5.41) is 21.3. The summed E-state index contributed by atoms with van der Waals surface area (Å²) in [6.45, 7) is 3.31. The molecular formula is C48H44Cl4F6N2O6. The molecule has 0 aliphatic heterocycles. The first kappa shape index (κ1) is 49.2. The SMILES string of the molecule is Cc1cc(C(F)(F)F)cc2c1cc(Cc1c(Cl)ccc(O[C@H]3CC[C@@H](C(=O)O)C3)c1Cl)n2C.Cc1cc(C(F)(F)F)cc2c1cc(Cc1c(Cl)ccc(O[C@H]3CC[C@H](C(=O)O)C3)c1Cl)n2C. The van der Waals surface area contributed by atoms with Crippen LogP contribution in [0.15, 0.2) is 60.7 Å². The Hall–Kier alpha value is -4.76. The van der Waals surface area contributed by atoms with Crippen LogP contribution in [0.2, 0.25) is 20.1 Å². The largest absolute Gasteiger partial charge is 0.489 e. The molecule has 2 N–H and O–H groups in total. The molecule has 0 bridgehead atoms. The summed E-state index contributed by atoms with van der Waals surface area (Å²) in [5.74, 6) is -1.68. The van der Waals surface area contributed by atoms with Crippen molar-refractivity contribution in [3.05, 3.63) is 126 Å². The Morgan fingerprint density at radius 3 is 1.29 bits per heavy atom. The highest BCUT2D eigenvalue weighted by Crippen LogP contribution is 2.42. The van der Waals surface area contributed by atoms with Crippen molar-refractivity contribution in [3.8, 4) is 11.5 Å². The number of hydrogen-bond acceptors (Lipinski definition) is 4. The van der Waals surface area contributed by atoms with Gasteiger partial charge in [-0.1, -0.05) is 46.4 Å². The van der Waals surface area contributed by atoms with Gasteiger partial charge in [0.05, 0.1) is 45.2 Å². The van der Waals surface area contributed by atoms with Gasteiger partial charge in [0.25, 0.3) is 0 Å². The van der Waals surface area contributed by atoms with E-state index >= 15 is 0 Å². The number of aryl methyl sites for hydroxylation is 4. The molecule has 2 saturated carbocycles. The molecule has 0 amide bonds. The summed E-state index contributed by atoms with van der Waals surface area (Å²) in [6, 6.07) is 14.9. The third kappa shape index (κ3) is 10.4. The number of fused-ring (bicyclic) bond motifs is 2. The summed E-state index contributed by atoms with van der Waals surface area (Å²) in [5.41, 5.74) is 3.33. The summed E-state index contributed by atoms with van der Waals surface area (Å²) < 4.78 is 95.1. The third-order valence-electron chi connectivity index (χ3n) is 12.7. The first-order chi connectivity index (χ1) is 30.9. The Balaban J connectivity index is 0.000000196. The van der Waals surface area contributed by atoms with E-state index in [1.807, 2.05) is 12.1 Å². The number of halogens is 10. The van der Waals surface area contributed by atoms with Gasteiger partial charge in [-0.15, -0.1) is 0 Å². The molecule has 2 aliphatic carbocycles. The highest BCUT2D eigenvalue weighted by molar-refractivity contribution is 6.37. The number of carbonyl (C=O) groups is 2. The first-order valence-electron chi connectivity index (χ1n) is 21.0. The van der Waals surface area contributed by atoms with Crippen LogP contribution in [0.4, 0.5) is 26.3 Å². The van der Waals surface area contributed by atoms with Crippen LogP contribution in [0.1, 0.15) is 83.3 Å². The van der Waals surface area contributed by atoms with Gasteiger partial charge in [-0.25, -0.2) is 0 Å². The van der Waals surface area contributed by atoms with Gasteiger partial charge in [0.15, 0.2) is 0 Å². The molecule has 4 aromatic carbocycles. The molecule has 352 valence electrons. The van der Waals surface area contributed by atoms with Crippen LogP contribution < -0.4 is 9.47 Å². The summed E-state index contributed by atoms with van der Waals surface area (Å²) in [6.07, 6.45) is -5.61. The quantitative estimate of drug-likeness (QED) is 0.133. The number of rotatable bonds is 10. The fourth-order valence-corrected chi connectivity index (χ4v) is 10.0. The molecule has 2 aromatic heterocycles. The van der Waals surface area contributed by atoms with Gasteiger partial charge in [0.1, 0.15) is 11.5 Å². The van der Waals surface area contributed by atoms with Crippen LogP contribution in [-0.2, 0) is 48.9 Å². The van der Waals surface area contributed by atoms with Crippen LogP contribution in [-0.4, -0.2) is 43.5 Å². The van der Waals surface area contributed by atoms with E-state index in [4.69, 9.17) is 55.9 Å². The molecule has 66 heavy (non-hydrogen) atoms. The minimum atomic E-state index is -4.43. The van der Waals surface area contributed by atoms with E-state index in [2.05, 4.69) is 0 Å². The topological polar surface area (TPSA) is 103 Å². The zero-order valence-electron chi connectivity index (χ0n) is 35.9. The van der Waals surface area contributed by atoms with Crippen molar-refractivity contribution >= 4 is 80.1 Å². The van der Waals surface area contributed by atoms with Crippen molar-refractivity contribution in [2.45, 2.75) is 89.8 Å². The number of alkyl halides is 6. The highest BCUT2D eigenvalue weighted by Gasteiger charge is 2.35. The van der Waals surface area contributed by atoms with E-state index in [0.29, 0.717) is 116 Å². The average Bonchev–Trinajstić information content (AvgIpc) is 4.04. The maximum absolute atomic E-state index is 13.3. The number of aliphatic carboxylic acids is 2. The van der Waals surface area contributed by atoms with Gasteiger partial charge in [-0.3, -0.25) is 9.59 Å². The molecule has 0 spiro atoms. The third-order valence-corrected chi connectivity index (χ3v) is 14.2. The van der Waals surface area contributed by atoms with Crippen molar-refractivity contribution in [2.75, 3.05) is 0 Å². The fourth-order valence-electron chi connectivity index (χ4n) is 8.92. The molecule has 6 aromatic rings. The molecule has 2 aliphatic rings. The molecule has 2 heterocycles. The highest BCUT2D eigenvalue weighted by atomic mass is 35.5. The van der Waals surface area contributed by atoms with Crippen molar-refractivity contribution in [1.82, 2.24) is 9.13 Å². The number of nitrogens with zero attached hydrogens (tertiary/aromatic N) is 2. The molecule has 0 unspecified atom stereocenters. The minimum absolute atomic E-state index is 0.251. The van der Waals surface area contributed by atoms with Gasteiger partial charge < -0.3 is 28.8 Å². The standard InChI is InChI=1S/2C24H22Cl2F3NO3/c2*1-12-7-14(24(27,28)29)9-20-17(12)10-15(30(20)2)11-18-19(25)5-6-21(22(18)26)33-16-4-3-13(8-16)23(31)32/h2*5-7,9-10,13,16H,3-4,8,11H2,1-2H3,(H,31,32)/t13-,16+;13-,16-/m10/s1. The van der Waals surface area contributed by atoms with E-state index in [1.54, 1.807) is 61.3 Å². The number of carboxylic acids is 2. The summed E-state index contributed by atoms with van der Waals surface area (Å²) in [4.78, 5) is 22.4. The maximum Gasteiger partial charge on any atom is 0.416 e.